The number of aliphatic hydroxyl groups excluding tert-OH is 1. The maximum absolute atomic E-state index is 13.4. The Kier molecular flexibility index (Phi) is 6.23. The number of ketones is 1. The molecule has 158 valence electrons. The Morgan fingerprint density at radius 1 is 1.17 bits per heavy atom. The van der Waals surface area contributed by atoms with E-state index in [1.807, 2.05) is 18.2 Å². The third-order valence-corrected chi connectivity index (χ3v) is 6.99. The number of Topliss-reactive ketones (excluding diaryl/α,β-unsaturated/α-hetero) is 1. The normalized spacial score (nSPS) is 26.8. The standard InChI is InChI=1S/C24H27BrN2O3/c1-3-16-8-9-19(30-24-26-12-18(25)13-27-24)11-20(16)22-21(28)10-15-4-6-17(7-5-15)14(2)23(22)29/h8-9,11-15,17,29H,3-7,10H2,1-2H3/b23-22+/t14?,15-,17+. The predicted octanol–water partition coefficient (Wildman–Crippen LogP) is 6.28. The molecule has 6 heteroatoms. The summed E-state index contributed by atoms with van der Waals surface area (Å²) in [5.41, 5.74) is 2.26. The van der Waals surface area contributed by atoms with Crippen LogP contribution in [0.1, 0.15) is 57.1 Å². The van der Waals surface area contributed by atoms with Crippen molar-refractivity contribution in [3.05, 3.63) is 52.0 Å². The first-order valence-electron chi connectivity index (χ1n) is 10.7. The monoisotopic (exact) mass is 470 g/mol. The van der Waals surface area contributed by atoms with E-state index >= 15 is 0 Å². The Bertz CT molecular complexity index is 963. The molecule has 1 aromatic heterocycles. The smallest absolute Gasteiger partial charge is 0.321 e. The zero-order valence-corrected chi connectivity index (χ0v) is 19.0. The summed E-state index contributed by atoms with van der Waals surface area (Å²) in [6.07, 6.45) is 8.83. The summed E-state index contributed by atoms with van der Waals surface area (Å²) in [6.45, 7) is 4.11. The van der Waals surface area contributed by atoms with Crippen molar-refractivity contribution in [1.82, 2.24) is 9.97 Å². The van der Waals surface area contributed by atoms with Crippen LogP contribution in [0, 0.1) is 17.8 Å². The molecule has 1 heterocycles. The summed E-state index contributed by atoms with van der Waals surface area (Å²) in [7, 11) is 0. The molecule has 0 aliphatic heterocycles. The quantitative estimate of drug-likeness (QED) is 0.569. The molecule has 1 aromatic carbocycles. The average molecular weight is 471 g/mol. The van der Waals surface area contributed by atoms with Gasteiger partial charge in [-0.1, -0.05) is 19.9 Å². The largest absolute Gasteiger partial charge is 0.511 e. The molecule has 0 amide bonds. The third-order valence-electron chi connectivity index (χ3n) is 6.58. The number of fused-ring (bicyclic) bond motifs is 5. The summed E-state index contributed by atoms with van der Waals surface area (Å²) in [6, 6.07) is 5.90. The lowest BCUT2D eigenvalue weighted by atomic mass is 9.76. The molecule has 30 heavy (non-hydrogen) atoms. The summed E-state index contributed by atoms with van der Waals surface area (Å²) < 4.78 is 6.61. The van der Waals surface area contributed by atoms with Crippen molar-refractivity contribution in [2.75, 3.05) is 0 Å². The van der Waals surface area contributed by atoms with E-state index in [9.17, 15) is 9.90 Å². The van der Waals surface area contributed by atoms with E-state index in [4.69, 9.17) is 4.74 Å². The molecule has 5 nitrogen and oxygen atoms in total. The molecule has 1 fully saturated rings. The van der Waals surface area contributed by atoms with Crippen molar-refractivity contribution < 1.29 is 14.6 Å². The van der Waals surface area contributed by atoms with Crippen LogP contribution in [0.3, 0.4) is 0 Å². The zero-order chi connectivity index (χ0) is 21.3. The highest BCUT2D eigenvalue weighted by atomic mass is 79.9. The number of carbonyl (C=O) groups is 1. The predicted molar refractivity (Wildman–Crippen MR) is 119 cm³/mol. The van der Waals surface area contributed by atoms with Crippen LogP contribution in [-0.4, -0.2) is 20.9 Å². The molecule has 2 bridgehead atoms. The number of nitrogens with zero attached hydrogens (tertiary/aromatic N) is 2. The van der Waals surface area contributed by atoms with Gasteiger partial charge in [-0.05, 0) is 83.1 Å². The first kappa shape index (κ1) is 21.0. The molecule has 1 N–H and O–H groups in total. The van der Waals surface area contributed by atoms with E-state index in [-0.39, 0.29) is 23.5 Å². The topological polar surface area (TPSA) is 72.3 Å². The molecule has 1 unspecified atom stereocenters. The maximum Gasteiger partial charge on any atom is 0.321 e. The molecular weight excluding hydrogens is 444 g/mol. The maximum atomic E-state index is 13.4. The highest BCUT2D eigenvalue weighted by Crippen LogP contribution is 2.43. The van der Waals surface area contributed by atoms with Gasteiger partial charge in [0.15, 0.2) is 5.78 Å². The second-order valence-electron chi connectivity index (χ2n) is 8.42. The van der Waals surface area contributed by atoms with Gasteiger partial charge in [0.05, 0.1) is 10.0 Å². The van der Waals surface area contributed by atoms with Crippen LogP contribution in [0.4, 0.5) is 0 Å². The average Bonchev–Trinajstić information content (AvgIpc) is 2.81. The number of rotatable bonds is 4. The van der Waals surface area contributed by atoms with Gasteiger partial charge in [0.2, 0.25) is 0 Å². The Balaban J connectivity index is 1.76. The van der Waals surface area contributed by atoms with Crippen LogP contribution >= 0.6 is 15.9 Å². The van der Waals surface area contributed by atoms with Crippen LogP contribution in [0.15, 0.2) is 40.8 Å². The number of hydrogen-bond acceptors (Lipinski definition) is 5. The Morgan fingerprint density at radius 2 is 1.87 bits per heavy atom. The van der Waals surface area contributed by atoms with Crippen molar-refractivity contribution in [3.8, 4) is 11.8 Å². The molecule has 2 aromatic rings. The van der Waals surface area contributed by atoms with Crippen LogP contribution < -0.4 is 4.74 Å². The lowest BCUT2D eigenvalue weighted by Gasteiger charge is -2.30. The zero-order valence-electron chi connectivity index (χ0n) is 17.4. The number of allylic oxidation sites excluding steroid dienone is 2. The second kappa shape index (κ2) is 8.88. The molecule has 1 atom stereocenters. The van der Waals surface area contributed by atoms with E-state index < -0.39 is 0 Å². The Hall–Kier alpha value is -2.21. The fourth-order valence-corrected chi connectivity index (χ4v) is 4.96. The number of hydrogen-bond donors (Lipinski definition) is 1. The highest BCUT2D eigenvalue weighted by Gasteiger charge is 2.35. The van der Waals surface area contributed by atoms with Gasteiger partial charge in [0.1, 0.15) is 11.5 Å². The summed E-state index contributed by atoms with van der Waals surface area (Å²) in [5, 5.41) is 11.2. The summed E-state index contributed by atoms with van der Waals surface area (Å²) in [5.74, 6) is 1.66. The van der Waals surface area contributed by atoms with Crippen molar-refractivity contribution >= 4 is 27.3 Å². The number of aromatic nitrogens is 2. The molecule has 0 radical (unpaired) electrons. The highest BCUT2D eigenvalue weighted by molar-refractivity contribution is 9.10. The van der Waals surface area contributed by atoms with Gasteiger partial charge >= 0.3 is 6.01 Å². The SMILES string of the molecule is CCc1ccc(Oc2ncc(Br)cn2)cc1/C1=C(\O)C(C)[C@H]2CC[C@H](CC2)CC1=O. The van der Waals surface area contributed by atoms with Crippen LogP contribution in [0.25, 0.3) is 5.57 Å². The number of aryl methyl sites for hydroxylation is 1. The molecule has 0 spiro atoms. The van der Waals surface area contributed by atoms with Crippen LogP contribution in [0.5, 0.6) is 11.8 Å². The first-order chi connectivity index (χ1) is 14.5. The Labute approximate surface area is 185 Å². The number of carbonyl (C=O) groups excluding carboxylic acids is 1. The van der Waals surface area contributed by atoms with Gasteiger partial charge < -0.3 is 9.84 Å². The lowest BCUT2D eigenvalue weighted by molar-refractivity contribution is -0.114. The van der Waals surface area contributed by atoms with Gasteiger partial charge in [-0.25, -0.2) is 9.97 Å². The molecular formula is C24H27BrN2O3. The van der Waals surface area contributed by atoms with E-state index in [1.54, 1.807) is 12.4 Å². The van der Waals surface area contributed by atoms with Crippen molar-refractivity contribution in [3.63, 3.8) is 0 Å². The van der Waals surface area contributed by atoms with Gasteiger partial charge in [-0.15, -0.1) is 0 Å². The van der Waals surface area contributed by atoms with Crippen molar-refractivity contribution in [2.24, 2.45) is 17.8 Å². The minimum Gasteiger partial charge on any atom is -0.511 e. The van der Waals surface area contributed by atoms with Crippen molar-refractivity contribution in [2.45, 2.75) is 52.4 Å². The van der Waals surface area contributed by atoms with E-state index in [1.165, 1.54) is 0 Å². The van der Waals surface area contributed by atoms with Crippen LogP contribution in [-0.2, 0) is 11.2 Å². The molecule has 3 aliphatic carbocycles. The first-order valence-corrected chi connectivity index (χ1v) is 11.5. The molecule has 5 rings (SSSR count). The number of halogens is 1. The Morgan fingerprint density at radius 3 is 2.53 bits per heavy atom. The van der Waals surface area contributed by atoms with Gasteiger partial charge in [-0.2, -0.15) is 0 Å². The number of benzene rings is 1. The fourth-order valence-electron chi connectivity index (χ4n) is 4.76. The minimum atomic E-state index is -0.0212. The van der Waals surface area contributed by atoms with E-state index in [2.05, 4.69) is 39.7 Å². The summed E-state index contributed by atoms with van der Waals surface area (Å²) in [4.78, 5) is 21.7. The van der Waals surface area contributed by atoms with Crippen LogP contribution in [0.2, 0.25) is 0 Å². The van der Waals surface area contributed by atoms with Gasteiger partial charge in [0, 0.05) is 24.7 Å². The lowest BCUT2D eigenvalue weighted by Crippen LogP contribution is -2.20. The second-order valence-corrected chi connectivity index (χ2v) is 9.33. The van der Waals surface area contributed by atoms with Gasteiger partial charge in [0.25, 0.3) is 0 Å². The van der Waals surface area contributed by atoms with Crippen molar-refractivity contribution in [1.29, 1.82) is 0 Å². The van der Waals surface area contributed by atoms with E-state index in [0.717, 1.165) is 47.7 Å². The fraction of sp³-hybridized carbons (Fsp3) is 0.458. The third kappa shape index (κ3) is 4.29. The minimum absolute atomic E-state index is 0.0212. The van der Waals surface area contributed by atoms with E-state index in [0.29, 0.717) is 29.6 Å². The number of ether oxygens (including phenoxy) is 1. The molecule has 0 saturated heterocycles. The van der Waals surface area contributed by atoms with Gasteiger partial charge in [-0.3, -0.25) is 4.79 Å². The molecule has 3 aliphatic rings. The number of aliphatic hydroxyl groups is 1. The summed E-state index contributed by atoms with van der Waals surface area (Å²) >= 11 is 3.32. The molecule has 1 saturated carbocycles.